The first-order valence-electron chi connectivity index (χ1n) is 8.35. The van der Waals surface area contributed by atoms with Crippen molar-refractivity contribution in [3.05, 3.63) is 0 Å². The predicted octanol–water partition coefficient (Wildman–Crippen LogP) is 7.20. The van der Waals surface area contributed by atoms with E-state index in [1.54, 1.807) is 0 Å². The van der Waals surface area contributed by atoms with Gasteiger partial charge in [0.25, 0.3) is 0 Å². The highest BCUT2D eigenvalue weighted by molar-refractivity contribution is 9.09. The summed E-state index contributed by atoms with van der Waals surface area (Å²) in [5.41, 5.74) is 0. The number of alkyl halides is 16. The third-order valence-corrected chi connectivity index (χ3v) is 3.99. The van der Waals surface area contributed by atoms with Crippen molar-refractivity contribution in [3.8, 4) is 0 Å². The molecule has 0 bridgehead atoms. The lowest BCUT2D eigenvalue weighted by Crippen LogP contribution is -2.64. The molecule has 0 aliphatic rings. The highest BCUT2D eigenvalue weighted by Gasteiger charge is 2.85. The first-order valence-corrected chi connectivity index (χ1v) is 9.47. The summed E-state index contributed by atoms with van der Waals surface area (Å²) in [6.45, 7) is -2.70. The van der Waals surface area contributed by atoms with Gasteiger partial charge in [-0.25, -0.2) is 9.47 Å². The molecule has 0 aromatic rings. The maximum absolute atomic E-state index is 13.3. The van der Waals surface area contributed by atoms with E-state index in [1.807, 2.05) is 0 Å². The van der Waals surface area contributed by atoms with Crippen LogP contribution in [0.1, 0.15) is 25.7 Å². The minimum Gasteiger partial charge on any atom is -0.372 e. The molecule has 0 saturated heterocycles. The molecule has 0 fully saturated rings. The minimum atomic E-state index is -7.88. The van der Waals surface area contributed by atoms with Crippen molar-refractivity contribution in [2.75, 3.05) is 18.5 Å². The Hall–Kier alpha value is -0.690. The average Bonchev–Trinajstić information content (AvgIpc) is 2.57. The van der Waals surface area contributed by atoms with Gasteiger partial charge in [-0.2, -0.15) is 65.9 Å². The fourth-order valence-corrected chi connectivity index (χ4v) is 2.16. The van der Waals surface area contributed by atoms with Gasteiger partial charge in [-0.15, -0.1) is 0 Å². The SMILES string of the molecule is FC(F)(COCCCCCCBr)OC(F)(F)C(F)(F)OC(F)(F)C(F)(F)C(F)(F)C(F)(F)F. The monoisotopic (exact) mass is 594 g/mol. The van der Waals surface area contributed by atoms with E-state index < -0.39 is 55.7 Å². The molecule has 0 aliphatic heterocycles. The number of rotatable bonds is 15. The van der Waals surface area contributed by atoms with Crippen LogP contribution in [0.15, 0.2) is 0 Å². The third-order valence-electron chi connectivity index (χ3n) is 3.43. The van der Waals surface area contributed by atoms with Gasteiger partial charge in [0.1, 0.15) is 6.61 Å². The molecular formula is C14H14BrF15O3. The van der Waals surface area contributed by atoms with E-state index in [0.29, 0.717) is 24.6 Å². The van der Waals surface area contributed by atoms with Crippen molar-refractivity contribution in [2.45, 2.75) is 68.1 Å². The molecule has 0 aromatic heterocycles. The summed E-state index contributed by atoms with van der Waals surface area (Å²) >= 11 is 3.08. The lowest BCUT2D eigenvalue weighted by atomic mass is 10.1. The molecule has 200 valence electrons. The zero-order chi connectivity index (χ0) is 26.6. The van der Waals surface area contributed by atoms with E-state index in [4.69, 9.17) is 0 Å². The maximum atomic E-state index is 13.3. The second-order valence-electron chi connectivity index (χ2n) is 6.19. The van der Waals surface area contributed by atoms with E-state index in [0.717, 1.165) is 0 Å². The van der Waals surface area contributed by atoms with Gasteiger partial charge >= 0.3 is 42.5 Å². The van der Waals surface area contributed by atoms with Crippen LogP contribution in [-0.2, 0) is 14.2 Å². The maximum Gasteiger partial charge on any atom is 0.460 e. The molecule has 0 radical (unpaired) electrons. The van der Waals surface area contributed by atoms with Gasteiger partial charge in [0, 0.05) is 11.9 Å². The van der Waals surface area contributed by atoms with Crippen LogP contribution >= 0.6 is 15.9 Å². The lowest BCUT2D eigenvalue weighted by Gasteiger charge is -2.36. The minimum absolute atomic E-state index is 0.0907. The Morgan fingerprint density at radius 2 is 0.970 bits per heavy atom. The van der Waals surface area contributed by atoms with Crippen molar-refractivity contribution in [1.82, 2.24) is 0 Å². The van der Waals surface area contributed by atoms with Gasteiger partial charge in [0.05, 0.1) is 0 Å². The van der Waals surface area contributed by atoms with Crippen LogP contribution < -0.4 is 0 Å². The summed E-state index contributed by atoms with van der Waals surface area (Å²) in [4.78, 5) is 0. The van der Waals surface area contributed by atoms with Gasteiger partial charge in [-0.05, 0) is 12.8 Å². The van der Waals surface area contributed by atoms with Crippen LogP contribution in [0.3, 0.4) is 0 Å². The molecule has 0 aromatic carbocycles. The highest BCUT2D eigenvalue weighted by atomic mass is 79.9. The summed E-state index contributed by atoms with van der Waals surface area (Å²) in [6.07, 6.45) is -32.9. The molecule has 0 amide bonds. The molecule has 3 nitrogen and oxygen atoms in total. The number of unbranched alkanes of at least 4 members (excludes halogenated alkanes) is 3. The first kappa shape index (κ1) is 32.3. The van der Waals surface area contributed by atoms with Crippen LogP contribution in [0, 0.1) is 0 Å². The Bertz CT molecular complexity index is 609. The van der Waals surface area contributed by atoms with Crippen LogP contribution in [0.5, 0.6) is 0 Å². The van der Waals surface area contributed by atoms with Gasteiger partial charge in [0.2, 0.25) is 0 Å². The number of hydrogen-bond acceptors (Lipinski definition) is 3. The molecule has 0 spiro atoms. The Morgan fingerprint density at radius 3 is 1.42 bits per heavy atom. The summed E-state index contributed by atoms with van der Waals surface area (Å²) in [6, 6.07) is 0. The van der Waals surface area contributed by atoms with Crippen molar-refractivity contribution < 1.29 is 80.1 Å². The fraction of sp³-hybridized carbons (Fsp3) is 1.00. The van der Waals surface area contributed by atoms with Crippen LogP contribution in [0.25, 0.3) is 0 Å². The Kier molecular flexibility index (Phi) is 10.7. The van der Waals surface area contributed by atoms with Crippen molar-refractivity contribution >= 4 is 15.9 Å². The molecule has 0 unspecified atom stereocenters. The zero-order valence-corrected chi connectivity index (χ0v) is 17.3. The van der Waals surface area contributed by atoms with E-state index >= 15 is 0 Å². The second kappa shape index (κ2) is 10.9. The zero-order valence-electron chi connectivity index (χ0n) is 15.7. The van der Waals surface area contributed by atoms with Crippen molar-refractivity contribution in [3.63, 3.8) is 0 Å². The van der Waals surface area contributed by atoms with Crippen molar-refractivity contribution in [2.24, 2.45) is 0 Å². The topological polar surface area (TPSA) is 27.7 Å². The van der Waals surface area contributed by atoms with Gasteiger partial charge < -0.3 is 4.74 Å². The molecule has 0 rings (SSSR count). The van der Waals surface area contributed by atoms with Crippen LogP contribution in [0.4, 0.5) is 65.9 Å². The molecule has 33 heavy (non-hydrogen) atoms. The second-order valence-corrected chi connectivity index (χ2v) is 6.99. The third kappa shape index (κ3) is 8.19. The lowest BCUT2D eigenvalue weighted by molar-refractivity contribution is -0.543. The van der Waals surface area contributed by atoms with E-state index in [1.165, 1.54) is 4.74 Å². The molecule has 0 aliphatic carbocycles. The standard InChI is InChI=1S/C14H14BrF15O3/c15-5-3-1-2-4-6-31-7-8(16,17)32-13(27,28)14(29,30)33-12(25,26)10(20,21)9(18,19)11(22,23)24/h1-7H2. The van der Waals surface area contributed by atoms with Gasteiger partial charge in [-0.1, -0.05) is 28.8 Å². The quantitative estimate of drug-likeness (QED) is 0.114. The summed E-state index contributed by atoms with van der Waals surface area (Å²) in [5.74, 6) is -15.6. The van der Waals surface area contributed by atoms with Crippen LogP contribution in [-0.4, -0.2) is 61.0 Å². The van der Waals surface area contributed by atoms with Gasteiger partial charge in [-0.3, -0.25) is 0 Å². The molecule has 0 atom stereocenters. The van der Waals surface area contributed by atoms with Crippen molar-refractivity contribution in [1.29, 1.82) is 0 Å². The Morgan fingerprint density at radius 1 is 0.515 bits per heavy atom. The van der Waals surface area contributed by atoms with E-state index in [2.05, 4.69) is 25.4 Å². The average molecular weight is 595 g/mol. The molecule has 0 saturated carbocycles. The highest BCUT2D eigenvalue weighted by Crippen LogP contribution is 2.55. The number of hydrogen-bond donors (Lipinski definition) is 0. The normalized spacial score (nSPS) is 15.3. The smallest absolute Gasteiger partial charge is 0.372 e. The summed E-state index contributed by atoms with van der Waals surface area (Å²) < 4.78 is 200. The molecule has 0 N–H and O–H groups in total. The number of ether oxygens (including phenoxy) is 3. The Balaban J connectivity index is 5.30. The largest absolute Gasteiger partial charge is 0.460 e. The van der Waals surface area contributed by atoms with E-state index in [-0.39, 0.29) is 6.42 Å². The predicted molar refractivity (Wildman–Crippen MR) is 81.0 cm³/mol. The number of halogens is 16. The molecule has 0 heterocycles. The Labute approximate surface area is 183 Å². The first-order chi connectivity index (χ1) is 14.5. The fourth-order valence-electron chi connectivity index (χ4n) is 1.76. The molecular weight excluding hydrogens is 581 g/mol. The van der Waals surface area contributed by atoms with E-state index in [9.17, 15) is 65.9 Å². The summed E-state index contributed by atoms with van der Waals surface area (Å²) in [5, 5.41) is 0.615. The molecule has 19 heteroatoms. The summed E-state index contributed by atoms with van der Waals surface area (Å²) in [7, 11) is 0. The van der Waals surface area contributed by atoms with Gasteiger partial charge in [0.15, 0.2) is 0 Å². The van der Waals surface area contributed by atoms with Crippen LogP contribution in [0.2, 0.25) is 0 Å².